The van der Waals surface area contributed by atoms with Crippen molar-refractivity contribution in [1.82, 2.24) is 4.98 Å². The van der Waals surface area contributed by atoms with Gasteiger partial charge in [-0.25, -0.2) is 4.98 Å². The molecule has 2 unspecified atom stereocenters. The number of rotatable bonds is 2. The van der Waals surface area contributed by atoms with E-state index >= 15 is 0 Å². The number of halogens is 1. The van der Waals surface area contributed by atoms with Gasteiger partial charge in [0.25, 0.3) is 0 Å². The third-order valence-electron chi connectivity index (χ3n) is 2.04. The minimum atomic E-state index is 0.663. The van der Waals surface area contributed by atoms with Gasteiger partial charge in [-0.2, -0.15) is 0 Å². The summed E-state index contributed by atoms with van der Waals surface area (Å²) < 4.78 is 1.12. The van der Waals surface area contributed by atoms with Gasteiger partial charge in [0.1, 0.15) is 0 Å². The molecular formula is C7H9BrN2S. The molecule has 1 aliphatic carbocycles. The van der Waals surface area contributed by atoms with Crippen LogP contribution < -0.4 is 5.73 Å². The first-order valence-electron chi connectivity index (χ1n) is 3.62. The Labute approximate surface area is 78.0 Å². The zero-order valence-corrected chi connectivity index (χ0v) is 8.36. The predicted molar refractivity (Wildman–Crippen MR) is 49.7 cm³/mol. The van der Waals surface area contributed by atoms with Crippen molar-refractivity contribution < 1.29 is 0 Å². The number of nitrogens with two attached hydrogens (primary N) is 1. The van der Waals surface area contributed by atoms with Crippen LogP contribution in [0.3, 0.4) is 0 Å². The normalized spacial score (nSPS) is 28.9. The smallest absolute Gasteiger partial charge is 0.0970 e. The fraction of sp³-hybridized carbons (Fsp3) is 0.571. The van der Waals surface area contributed by atoms with Gasteiger partial charge >= 0.3 is 0 Å². The first-order valence-corrected chi connectivity index (χ1v) is 5.23. The highest BCUT2D eigenvalue weighted by Crippen LogP contribution is 2.48. The lowest BCUT2D eigenvalue weighted by atomic mass is 10.3. The molecule has 0 bridgehead atoms. The van der Waals surface area contributed by atoms with Gasteiger partial charge in [0.15, 0.2) is 0 Å². The molecule has 2 nitrogen and oxygen atoms in total. The lowest BCUT2D eigenvalue weighted by Crippen LogP contribution is -2.01. The van der Waals surface area contributed by atoms with E-state index in [0.29, 0.717) is 11.8 Å². The van der Waals surface area contributed by atoms with Gasteiger partial charge in [-0.3, -0.25) is 0 Å². The first-order chi connectivity index (χ1) is 5.31. The van der Waals surface area contributed by atoms with Gasteiger partial charge in [0, 0.05) is 5.92 Å². The second-order valence-corrected chi connectivity index (χ2v) is 5.28. The summed E-state index contributed by atoms with van der Waals surface area (Å²) in [4.78, 5) is 4.29. The highest BCUT2D eigenvalue weighted by molar-refractivity contribution is 9.11. The van der Waals surface area contributed by atoms with Crippen LogP contribution in [0.5, 0.6) is 0 Å². The van der Waals surface area contributed by atoms with Crippen molar-refractivity contribution in [2.24, 2.45) is 11.7 Å². The van der Waals surface area contributed by atoms with E-state index in [4.69, 9.17) is 5.73 Å². The van der Waals surface area contributed by atoms with Gasteiger partial charge in [-0.15, -0.1) is 11.3 Å². The van der Waals surface area contributed by atoms with Crippen LogP contribution in [0, 0.1) is 5.92 Å². The zero-order valence-electron chi connectivity index (χ0n) is 5.96. The average Bonchev–Trinajstić information content (AvgIpc) is 2.68. The van der Waals surface area contributed by atoms with Gasteiger partial charge in [0.2, 0.25) is 0 Å². The number of thiazole rings is 1. The summed E-state index contributed by atoms with van der Waals surface area (Å²) in [7, 11) is 0. The molecule has 0 radical (unpaired) electrons. The summed E-state index contributed by atoms with van der Waals surface area (Å²) in [6.45, 7) is 0.807. The SMILES string of the molecule is NCC1CC1c1ncc(Br)s1. The van der Waals surface area contributed by atoms with E-state index in [1.807, 2.05) is 6.20 Å². The van der Waals surface area contributed by atoms with E-state index in [0.717, 1.165) is 10.3 Å². The summed E-state index contributed by atoms with van der Waals surface area (Å²) in [5.41, 5.74) is 5.53. The second kappa shape index (κ2) is 2.84. The Morgan fingerprint density at radius 1 is 1.82 bits per heavy atom. The maximum Gasteiger partial charge on any atom is 0.0970 e. The number of hydrogen-bond donors (Lipinski definition) is 1. The maximum absolute atomic E-state index is 5.53. The fourth-order valence-corrected chi connectivity index (χ4v) is 2.70. The Hall–Kier alpha value is 0.0700. The van der Waals surface area contributed by atoms with E-state index in [9.17, 15) is 0 Å². The first kappa shape index (κ1) is 7.71. The predicted octanol–water partition coefficient (Wildman–Crippen LogP) is 1.97. The van der Waals surface area contributed by atoms with Crippen molar-refractivity contribution in [2.75, 3.05) is 6.54 Å². The third-order valence-corrected chi connectivity index (χ3v) is 3.65. The molecule has 4 heteroatoms. The molecule has 0 amide bonds. The Morgan fingerprint density at radius 3 is 3.09 bits per heavy atom. The molecule has 60 valence electrons. The maximum atomic E-state index is 5.53. The van der Waals surface area contributed by atoms with Crippen molar-refractivity contribution in [3.05, 3.63) is 15.0 Å². The van der Waals surface area contributed by atoms with Crippen molar-refractivity contribution in [3.63, 3.8) is 0 Å². The number of aromatic nitrogens is 1. The van der Waals surface area contributed by atoms with E-state index in [1.54, 1.807) is 11.3 Å². The van der Waals surface area contributed by atoms with E-state index in [-0.39, 0.29) is 0 Å². The highest BCUT2D eigenvalue weighted by atomic mass is 79.9. The summed E-state index contributed by atoms with van der Waals surface area (Å²) in [6.07, 6.45) is 3.10. The minimum absolute atomic E-state index is 0.663. The van der Waals surface area contributed by atoms with Crippen molar-refractivity contribution in [3.8, 4) is 0 Å². The van der Waals surface area contributed by atoms with Crippen LogP contribution in [-0.2, 0) is 0 Å². The highest BCUT2D eigenvalue weighted by Gasteiger charge is 2.39. The van der Waals surface area contributed by atoms with E-state index in [1.165, 1.54) is 11.4 Å². The van der Waals surface area contributed by atoms with Gasteiger partial charge < -0.3 is 5.73 Å². The van der Waals surface area contributed by atoms with Crippen LogP contribution in [-0.4, -0.2) is 11.5 Å². The molecule has 1 fully saturated rings. The zero-order chi connectivity index (χ0) is 7.84. The lowest BCUT2D eigenvalue weighted by Gasteiger charge is -1.88. The molecule has 0 saturated heterocycles. The molecule has 0 aliphatic heterocycles. The summed E-state index contributed by atoms with van der Waals surface area (Å²) >= 11 is 5.12. The monoisotopic (exact) mass is 232 g/mol. The third kappa shape index (κ3) is 1.48. The Bertz CT molecular complexity index is 261. The molecule has 2 N–H and O–H groups in total. The van der Waals surface area contributed by atoms with Gasteiger partial charge in [-0.05, 0) is 34.8 Å². The molecule has 1 aromatic rings. The van der Waals surface area contributed by atoms with Crippen LogP contribution in [0.15, 0.2) is 9.98 Å². The number of nitrogens with zero attached hydrogens (tertiary/aromatic N) is 1. The van der Waals surface area contributed by atoms with Crippen LogP contribution in [0.2, 0.25) is 0 Å². The molecular weight excluding hydrogens is 224 g/mol. The van der Waals surface area contributed by atoms with Crippen molar-refractivity contribution in [2.45, 2.75) is 12.3 Å². The molecule has 0 aromatic carbocycles. The Kier molecular flexibility index (Phi) is 1.99. The molecule has 2 rings (SSSR count). The van der Waals surface area contributed by atoms with E-state index < -0.39 is 0 Å². The van der Waals surface area contributed by atoms with Crippen LogP contribution in [0.25, 0.3) is 0 Å². The Balaban J connectivity index is 2.08. The number of hydrogen-bond acceptors (Lipinski definition) is 3. The van der Waals surface area contributed by atoms with E-state index in [2.05, 4.69) is 20.9 Å². The van der Waals surface area contributed by atoms with Gasteiger partial charge in [-0.1, -0.05) is 0 Å². The molecule has 1 aliphatic rings. The molecule has 2 atom stereocenters. The summed E-state index contributed by atoms with van der Waals surface area (Å²) in [6, 6.07) is 0. The van der Waals surface area contributed by atoms with Crippen LogP contribution >= 0.6 is 27.3 Å². The molecule has 1 saturated carbocycles. The summed E-state index contributed by atoms with van der Waals surface area (Å²) in [5, 5.41) is 1.24. The average molecular weight is 233 g/mol. The van der Waals surface area contributed by atoms with Crippen LogP contribution in [0.1, 0.15) is 17.3 Å². The standard InChI is InChI=1S/C7H9BrN2S/c8-6-3-10-7(11-6)5-1-4(5)2-9/h3-5H,1-2,9H2. The fourth-order valence-electron chi connectivity index (χ4n) is 1.25. The van der Waals surface area contributed by atoms with Crippen molar-refractivity contribution in [1.29, 1.82) is 0 Å². The van der Waals surface area contributed by atoms with Crippen molar-refractivity contribution >= 4 is 27.3 Å². The van der Waals surface area contributed by atoms with Gasteiger partial charge in [0.05, 0.1) is 15.0 Å². The van der Waals surface area contributed by atoms with Crippen LogP contribution in [0.4, 0.5) is 0 Å². The molecule has 0 spiro atoms. The summed E-state index contributed by atoms with van der Waals surface area (Å²) in [5.74, 6) is 1.37. The largest absolute Gasteiger partial charge is 0.330 e. The molecule has 1 aromatic heterocycles. The quantitative estimate of drug-likeness (QED) is 0.848. The molecule has 11 heavy (non-hydrogen) atoms. The minimum Gasteiger partial charge on any atom is -0.330 e. The Morgan fingerprint density at radius 2 is 2.64 bits per heavy atom. The molecule has 1 heterocycles. The topological polar surface area (TPSA) is 38.9 Å². The lowest BCUT2D eigenvalue weighted by molar-refractivity contribution is 0.806. The second-order valence-electron chi connectivity index (χ2n) is 2.84.